The molecule has 0 spiro atoms. The second kappa shape index (κ2) is 5.62. The summed E-state index contributed by atoms with van der Waals surface area (Å²) < 4.78 is 7.21. The van der Waals surface area contributed by atoms with Crippen LogP contribution >= 0.6 is 0 Å². The highest BCUT2D eigenvalue weighted by atomic mass is 16.4. The average molecular weight is 325 g/mol. The van der Waals surface area contributed by atoms with E-state index in [0.29, 0.717) is 11.8 Å². The molecule has 3 aromatic rings. The lowest BCUT2D eigenvalue weighted by atomic mass is 9.96. The Kier molecular flexibility index (Phi) is 3.29. The Bertz CT molecular complexity index is 849. The fourth-order valence-electron chi connectivity index (χ4n) is 3.85. The highest BCUT2D eigenvalue weighted by Gasteiger charge is 2.26. The zero-order valence-electron chi connectivity index (χ0n) is 13.4. The first-order valence-electron chi connectivity index (χ1n) is 8.58. The lowest BCUT2D eigenvalue weighted by molar-refractivity contribution is 0.184. The van der Waals surface area contributed by atoms with Gasteiger partial charge in [0, 0.05) is 5.92 Å². The third kappa shape index (κ3) is 2.37. The third-order valence-corrected chi connectivity index (χ3v) is 5.16. The SMILES string of the molecule is c1nnc(CN2CCC(c3nnc4cc5c(nn34)CCC5)CC2)o1. The molecule has 8 heteroatoms. The van der Waals surface area contributed by atoms with Crippen molar-refractivity contribution in [1.82, 2.24) is 34.9 Å². The Hall–Kier alpha value is -2.35. The second-order valence-electron chi connectivity index (χ2n) is 6.68. The van der Waals surface area contributed by atoms with Crippen LogP contribution in [0.4, 0.5) is 0 Å². The predicted octanol–water partition coefficient (Wildman–Crippen LogP) is 1.38. The summed E-state index contributed by atoms with van der Waals surface area (Å²) in [5.41, 5.74) is 3.45. The molecule has 0 N–H and O–H groups in total. The molecule has 5 rings (SSSR count). The molecular formula is C16H19N7O. The van der Waals surface area contributed by atoms with E-state index in [4.69, 9.17) is 9.52 Å². The highest BCUT2D eigenvalue weighted by Crippen LogP contribution is 2.28. The smallest absolute Gasteiger partial charge is 0.230 e. The van der Waals surface area contributed by atoms with Gasteiger partial charge < -0.3 is 4.42 Å². The molecule has 4 heterocycles. The molecule has 1 aliphatic carbocycles. The molecule has 3 aromatic heterocycles. The summed E-state index contributed by atoms with van der Waals surface area (Å²) in [6, 6.07) is 2.16. The van der Waals surface area contributed by atoms with Gasteiger partial charge in [0.2, 0.25) is 12.3 Å². The molecule has 124 valence electrons. The van der Waals surface area contributed by atoms with Crippen LogP contribution in [0.5, 0.6) is 0 Å². The van der Waals surface area contributed by atoms with E-state index in [9.17, 15) is 0 Å². The van der Waals surface area contributed by atoms with Gasteiger partial charge in [0.15, 0.2) is 11.5 Å². The van der Waals surface area contributed by atoms with Gasteiger partial charge in [-0.05, 0) is 56.8 Å². The molecule has 0 amide bonds. The third-order valence-electron chi connectivity index (χ3n) is 5.16. The minimum Gasteiger partial charge on any atom is -0.427 e. The first-order chi connectivity index (χ1) is 11.9. The standard InChI is InChI=1S/C16H19N7O/c1-2-12-8-14-18-20-16(23(14)21-13(12)3-1)11-4-6-22(7-5-11)9-15-19-17-10-24-15/h8,10-11H,1-7,9H2. The number of fused-ring (bicyclic) bond motifs is 2. The van der Waals surface area contributed by atoms with Crippen LogP contribution in [0.25, 0.3) is 5.65 Å². The van der Waals surface area contributed by atoms with E-state index >= 15 is 0 Å². The van der Waals surface area contributed by atoms with Crippen molar-refractivity contribution in [3.63, 3.8) is 0 Å². The molecule has 0 atom stereocenters. The van der Waals surface area contributed by atoms with Gasteiger partial charge in [-0.1, -0.05) is 0 Å². The monoisotopic (exact) mass is 325 g/mol. The van der Waals surface area contributed by atoms with Crippen LogP contribution in [0, 0.1) is 0 Å². The lowest BCUT2D eigenvalue weighted by Crippen LogP contribution is -2.33. The molecule has 2 aliphatic rings. The number of likely N-dealkylation sites (tertiary alicyclic amines) is 1. The van der Waals surface area contributed by atoms with Gasteiger partial charge in [0.05, 0.1) is 12.2 Å². The molecule has 24 heavy (non-hydrogen) atoms. The van der Waals surface area contributed by atoms with Crippen molar-refractivity contribution in [2.45, 2.75) is 44.6 Å². The van der Waals surface area contributed by atoms with Crippen LogP contribution in [-0.2, 0) is 19.4 Å². The van der Waals surface area contributed by atoms with E-state index in [2.05, 4.69) is 31.4 Å². The van der Waals surface area contributed by atoms with Crippen LogP contribution in [0.15, 0.2) is 16.9 Å². The van der Waals surface area contributed by atoms with Crippen molar-refractivity contribution in [3.8, 4) is 0 Å². The average Bonchev–Trinajstić information content (AvgIpc) is 3.34. The topological polar surface area (TPSA) is 85.2 Å². The summed E-state index contributed by atoms with van der Waals surface area (Å²) in [5.74, 6) is 2.10. The number of piperidine rings is 1. The summed E-state index contributed by atoms with van der Waals surface area (Å²) in [4.78, 5) is 2.35. The number of nitrogens with zero attached hydrogens (tertiary/aromatic N) is 7. The predicted molar refractivity (Wildman–Crippen MR) is 84.4 cm³/mol. The Morgan fingerprint density at radius 3 is 2.88 bits per heavy atom. The molecule has 1 aliphatic heterocycles. The van der Waals surface area contributed by atoms with E-state index in [1.54, 1.807) is 0 Å². The first kappa shape index (κ1) is 14.0. The number of hydrogen-bond acceptors (Lipinski definition) is 7. The van der Waals surface area contributed by atoms with Crippen molar-refractivity contribution >= 4 is 5.65 Å². The Morgan fingerprint density at radius 2 is 2.04 bits per heavy atom. The van der Waals surface area contributed by atoms with Crippen LogP contribution in [0.3, 0.4) is 0 Å². The number of hydrogen-bond donors (Lipinski definition) is 0. The molecule has 0 bridgehead atoms. The Morgan fingerprint density at radius 1 is 1.12 bits per heavy atom. The maximum atomic E-state index is 5.24. The molecule has 0 aromatic carbocycles. The van der Waals surface area contributed by atoms with Gasteiger partial charge in [-0.3, -0.25) is 4.90 Å². The fraction of sp³-hybridized carbons (Fsp3) is 0.562. The molecule has 0 radical (unpaired) electrons. The van der Waals surface area contributed by atoms with Crippen molar-refractivity contribution in [3.05, 3.63) is 35.4 Å². The summed E-state index contributed by atoms with van der Waals surface area (Å²) in [7, 11) is 0. The van der Waals surface area contributed by atoms with Crippen molar-refractivity contribution in [2.75, 3.05) is 13.1 Å². The van der Waals surface area contributed by atoms with Gasteiger partial charge in [0.1, 0.15) is 0 Å². The molecule has 8 nitrogen and oxygen atoms in total. The van der Waals surface area contributed by atoms with Crippen molar-refractivity contribution in [1.29, 1.82) is 0 Å². The normalized spacial score (nSPS) is 19.2. The van der Waals surface area contributed by atoms with Gasteiger partial charge in [-0.25, -0.2) is 0 Å². The molecule has 0 unspecified atom stereocenters. The van der Waals surface area contributed by atoms with Gasteiger partial charge in [-0.15, -0.1) is 20.4 Å². The largest absolute Gasteiger partial charge is 0.427 e. The number of rotatable bonds is 3. The fourth-order valence-corrected chi connectivity index (χ4v) is 3.85. The van der Waals surface area contributed by atoms with Gasteiger partial charge in [-0.2, -0.15) is 9.61 Å². The molecular weight excluding hydrogens is 306 g/mol. The van der Waals surface area contributed by atoms with E-state index in [1.165, 1.54) is 24.1 Å². The van der Waals surface area contributed by atoms with Crippen LogP contribution in [0.2, 0.25) is 0 Å². The zero-order chi connectivity index (χ0) is 15.9. The van der Waals surface area contributed by atoms with Gasteiger partial charge >= 0.3 is 0 Å². The molecule has 1 saturated heterocycles. The maximum Gasteiger partial charge on any atom is 0.230 e. The van der Waals surface area contributed by atoms with E-state index < -0.39 is 0 Å². The summed E-state index contributed by atoms with van der Waals surface area (Å²) in [6.07, 6.45) is 6.88. The van der Waals surface area contributed by atoms with Crippen LogP contribution in [-0.4, -0.2) is 48.0 Å². The summed E-state index contributed by atoms with van der Waals surface area (Å²) in [6.45, 7) is 2.71. The van der Waals surface area contributed by atoms with E-state index in [1.807, 2.05) is 4.52 Å². The Balaban J connectivity index is 1.34. The first-order valence-corrected chi connectivity index (χ1v) is 8.58. The van der Waals surface area contributed by atoms with Gasteiger partial charge in [0.25, 0.3) is 0 Å². The second-order valence-corrected chi connectivity index (χ2v) is 6.68. The zero-order valence-corrected chi connectivity index (χ0v) is 13.4. The van der Waals surface area contributed by atoms with E-state index in [-0.39, 0.29) is 0 Å². The maximum absolute atomic E-state index is 5.24. The summed E-state index contributed by atoms with van der Waals surface area (Å²) in [5, 5.41) is 21.3. The Labute approximate surface area is 138 Å². The van der Waals surface area contributed by atoms with E-state index in [0.717, 1.165) is 56.8 Å². The quantitative estimate of drug-likeness (QED) is 0.719. The molecule has 1 fully saturated rings. The number of aromatic nitrogens is 6. The van der Waals surface area contributed by atoms with Crippen molar-refractivity contribution < 1.29 is 4.42 Å². The van der Waals surface area contributed by atoms with Crippen molar-refractivity contribution in [2.24, 2.45) is 0 Å². The minimum atomic E-state index is 0.408. The van der Waals surface area contributed by atoms with Crippen LogP contribution < -0.4 is 0 Å². The summed E-state index contributed by atoms with van der Waals surface area (Å²) >= 11 is 0. The van der Waals surface area contributed by atoms with Crippen LogP contribution in [0.1, 0.15) is 48.2 Å². The molecule has 0 saturated carbocycles. The lowest BCUT2D eigenvalue weighted by Gasteiger charge is -2.29. The number of aryl methyl sites for hydroxylation is 2. The minimum absolute atomic E-state index is 0.408. The highest BCUT2D eigenvalue weighted by molar-refractivity contribution is 5.43.